The lowest BCUT2D eigenvalue weighted by molar-refractivity contribution is -0.134. The van der Waals surface area contributed by atoms with E-state index in [-0.39, 0.29) is 11.8 Å². The van der Waals surface area contributed by atoms with Crippen LogP contribution in [0.4, 0.5) is 0 Å². The number of methoxy groups -OCH3 is 1. The summed E-state index contributed by atoms with van der Waals surface area (Å²) >= 11 is 0. The molecule has 1 aliphatic carbocycles. The summed E-state index contributed by atoms with van der Waals surface area (Å²) in [6.07, 6.45) is 2.65. The largest absolute Gasteiger partial charge is 0.467 e. The van der Waals surface area contributed by atoms with Crippen molar-refractivity contribution in [2.75, 3.05) is 20.3 Å². The molecule has 1 fully saturated rings. The SMILES string of the molecule is COCCN(Cc1ccco1)C(=O)[C@H]1C[C@H]1C. The first-order valence-corrected chi connectivity index (χ1v) is 6.02. The average molecular weight is 237 g/mol. The Hall–Kier alpha value is -1.29. The maximum Gasteiger partial charge on any atom is 0.226 e. The third-order valence-corrected chi connectivity index (χ3v) is 3.23. The molecule has 2 atom stereocenters. The molecule has 0 bridgehead atoms. The summed E-state index contributed by atoms with van der Waals surface area (Å²) in [5.41, 5.74) is 0. The molecule has 1 saturated carbocycles. The molecule has 0 saturated heterocycles. The standard InChI is InChI=1S/C13H19NO3/c1-10-8-12(10)13(15)14(5-7-16-2)9-11-4-3-6-17-11/h3-4,6,10,12H,5,7-9H2,1-2H3/t10-,12+/m1/s1. The Morgan fingerprint density at radius 2 is 2.41 bits per heavy atom. The molecule has 4 nitrogen and oxygen atoms in total. The highest BCUT2D eigenvalue weighted by Crippen LogP contribution is 2.39. The number of hydrogen-bond donors (Lipinski definition) is 0. The molecule has 1 aliphatic rings. The minimum Gasteiger partial charge on any atom is -0.467 e. The van der Waals surface area contributed by atoms with Gasteiger partial charge in [-0.15, -0.1) is 0 Å². The minimum absolute atomic E-state index is 0.210. The predicted octanol–water partition coefficient (Wildman–Crippen LogP) is 1.91. The highest BCUT2D eigenvalue weighted by Gasteiger charge is 2.41. The van der Waals surface area contributed by atoms with Crippen LogP contribution >= 0.6 is 0 Å². The van der Waals surface area contributed by atoms with Gasteiger partial charge >= 0.3 is 0 Å². The highest BCUT2D eigenvalue weighted by atomic mass is 16.5. The van der Waals surface area contributed by atoms with E-state index in [0.29, 0.717) is 25.6 Å². The van der Waals surface area contributed by atoms with Gasteiger partial charge in [-0.3, -0.25) is 4.79 Å². The van der Waals surface area contributed by atoms with Gasteiger partial charge in [-0.1, -0.05) is 6.92 Å². The van der Waals surface area contributed by atoms with E-state index in [9.17, 15) is 4.79 Å². The smallest absolute Gasteiger partial charge is 0.226 e. The summed E-state index contributed by atoms with van der Waals surface area (Å²) in [5.74, 6) is 1.79. The summed E-state index contributed by atoms with van der Waals surface area (Å²) in [5, 5.41) is 0. The highest BCUT2D eigenvalue weighted by molar-refractivity contribution is 5.81. The third-order valence-electron chi connectivity index (χ3n) is 3.23. The second kappa shape index (κ2) is 5.36. The van der Waals surface area contributed by atoms with Crippen LogP contribution in [0.5, 0.6) is 0 Å². The molecule has 0 unspecified atom stereocenters. The Morgan fingerprint density at radius 3 is 2.94 bits per heavy atom. The molecule has 0 N–H and O–H groups in total. The summed E-state index contributed by atoms with van der Waals surface area (Å²) in [6, 6.07) is 3.73. The maximum absolute atomic E-state index is 12.2. The quantitative estimate of drug-likeness (QED) is 0.759. The Morgan fingerprint density at radius 1 is 1.65 bits per heavy atom. The number of carbonyl (C=O) groups is 1. The number of amides is 1. The van der Waals surface area contributed by atoms with Gasteiger partial charge in [0.15, 0.2) is 0 Å². The number of hydrogen-bond acceptors (Lipinski definition) is 3. The van der Waals surface area contributed by atoms with E-state index in [0.717, 1.165) is 12.2 Å². The van der Waals surface area contributed by atoms with Crippen molar-refractivity contribution in [3.05, 3.63) is 24.2 Å². The van der Waals surface area contributed by atoms with Crippen molar-refractivity contribution >= 4 is 5.91 Å². The zero-order valence-electron chi connectivity index (χ0n) is 10.4. The van der Waals surface area contributed by atoms with Crippen LogP contribution in [0.3, 0.4) is 0 Å². The van der Waals surface area contributed by atoms with Gasteiger partial charge in [0.05, 0.1) is 19.4 Å². The van der Waals surface area contributed by atoms with E-state index in [4.69, 9.17) is 9.15 Å². The van der Waals surface area contributed by atoms with Gasteiger partial charge in [0.1, 0.15) is 5.76 Å². The van der Waals surface area contributed by atoms with Crippen LogP contribution in [0.2, 0.25) is 0 Å². The summed E-state index contributed by atoms with van der Waals surface area (Å²) < 4.78 is 10.3. The van der Waals surface area contributed by atoms with E-state index in [1.54, 1.807) is 13.4 Å². The normalized spacial score (nSPS) is 22.5. The zero-order chi connectivity index (χ0) is 12.3. The molecular weight excluding hydrogens is 218 g/mol. The minimum atomic E-state index is 0.210. The van der Waals surface area contributed by atoms with Crippen molar-refractivity contribution in [2.24, 2.45) is 11.8 Å². The van der Waals surface area contributed by atoms with Crippen LogP contribution in [-0.2, 0) is 16.1 Å². The van der Waals surface area contributed by atoms with Crippen LogP contribution in [0.25, 0.3) is 0 Å². The van der Waals surface area contributed by atoms with E-state index < -0.39 is 0 Å². The van der Waals surface area contributed by atoms with E-state index >= 15 is 0 Å². The molecule has 1 amide bonds. The molecule has 4 heteroatoms. The maximum atomic E-state index is 12.2. The van der Waals surface area contributed by atoms with E-state index in [1.165, 1.54) is 0 Å². The van der Waals surface area contributed by atoms with E-state index in [2.05, 4.69) is 6.92 Å². The van der Waals surface area contributed by atoms with E-state index in [1.807, 2.05) is 17.0 Å². The van der Waals surface area contributed by atoms with Crippen molar-refractivity contribution in [3.63, 3.8) is 0 Å². The molecule has 0 spiro atoms. The Balaban J connectivity index is 1.95. The van der Waals surface area contributed by atoms with Crippen molar-refractivity contribution in [1.82, 2.24) is 4.90 Å². The van der Waals surface area contributed by atoms with Gasteiger partial charge < -0.3 is 14.1 Å². The van der Waals surface area contributed by atoms with Crippen LogP contribution in [-0.4, -0.2) is 31.1 Å². The Bertz CT molecular complexity index is 361. The van der Waals surface area contributed by atoms with Crippen LogP contribution in [0, 0.1) is 11.8 Å². The first-order valence-electron chi connectivity index (χ1n) is 6.02. The number of carbonyl (C=O) groups excluding carboxylic acids is 1. The second-order valence-electron chi connectivity index (χ2n) is 4.65. The lowest BCUT2D eigenvalue weighted by Crippen LogP contribution is -2.34. The monoisotopic (exact) mass is 237 g/mol. The molecule has 0 radical (unpaired) electrons. The van der Waals surface area contributed by atoms with Crippen molar-refractivity contribution < 1.29 is 13.9 Å². The van der Waals surface area contributed by atoms with Gasteiger partial charge in [0, 0.05) is 19.6 Å². The number of ether oxygens (including phenoxy) is 1. The van der Waals surface area contributed by atoms with Gasteiger partial charge in [-0.2, -0.15) is 0 Å². The molecule has 1 aromatic rings. The molecule has 17 heavy (non-hydrogen) atoms. The molecule has 2 rings (SSSR count). The summed E-state index contributed by atoms with van der Waals surface area (Å²) in [4.78, 5) is 14.0. The fraction of sp³-hybridized carbons (Fsp3) is 0.615. The fourth-order valence-corrected chi connectivity index (χ4v) is 1.96. The molecule has 0 aliphatic heterocycles. The lowest BCUT2D eigenvalue weighted by atomic mass is 10.2. The molecule has 1 aromatic heterocycles. The molecule has 0 aromatic carbocycles. The van der Waals surface area contributed by atoms with Crippen molar-refractivity contribution in [3.8, 4) is 0 Å². The van der Waals surface area contributed by atoms with Crippen molar-refractivity contribution in [1.29, 1.82) is 0 Å². The number of nitrogens with zero attached hydrogens (tertiary/aromatic N) is 1. The summed E-state index contributed by atoms with van der Waals surface area (Å²) in [7, 11) is 1.65. The third kappa shape index (κ3) is 3.09. The number of furan rings is 1. The van der Waals surface area contributed by atoms with Crippen molar-refractivity contribution in [2.45, 2.75) is 19.9 Å². The summed E-state index contributed by atoms with van der Waals surface area (Å²) in [6.45, 7) is 3.84. The molecule has 1 heterocycles. The van der Waals surface area contributed by atoms with Gasteiger partial charge in [0.2, 0.25) is 5.91 Å². The molecule has 94 valence electrons. The Labute approximate surface area is 102 Å². The van der Waals surface area contributed by atoms with Gasteiger partial charge in [-0.25, -0.2) is 0 Å². The first kappa shape index (κ1) is 12.2. The number of rotatable bonds is 6. The van der Waals surface area contributed by atoms with Crippen LogP contribution < -0.4 is 0 Å². The van der Waals surface area contributed by atoms with Crippen LogP contribution in [0.1, 0.15) is 19.1 Å². The van der Waals surface area contributed by atoms with Crippen LogP contribution in [0.15, 0.2) is 22.8 Å². The molecular formula is C13H19NO3. The fourth-order valence-electron chi connectivity index (χ4n) is 1.96. The topological polar surface area (TPSA) is 42.7 Å². The predicted molar refractivity (Wildman–Crippen MR) is 63.3 cm³/mol. The first-order chi connectivity index (χ1) is 8.22. The average Bonchev–Trinajstić information content (AvgIpc) is 2.84. The second-order valence-corrected chi connectivity index (χ2v) is 4.65. The Kier molecular flexibility index (Phi) is 3.84. The lowest BCUT2D eigenvalue weighted by Gasteiger charge is -2.21. The zero-order valence-corrected chi connectivity index (χ0v) is 10.4. The van der Waals surface area contributed by atoms with Gasteiger partial charge in [-0.05, 0) is 24.5 Å². The van der Waals surface area contributed by atoms with Gasteiger partial charge in [0.25, 0.3) is 0 Å².